The van der Waals surface area contributed by atoms with E-state index in [0.717, 1.165) is 0 Å². The summed E-state index contributed by atoms with van der Waals surface area (Å²) in [4.78, 5) is 0. The molecule has 0 aliphatic heterocycles. The Balaban J connectivity index is 3.22. The summed E-state index contributed by atoms with van der Waals surface area (Å²) in [6.45, 7) is 1.68. The lowest BCUT2D eigenvalue weighted by molar-refractivity contribution is 0.398. The van der Waals surface area contributed by atoms with Gasteiger partial charge in [0, 0.05) is 6.92 Å². The first-order valence-corrected chi connectivity index (χ1v) is 1.59. The van der Waals surface area contributed by atoms with E-state index in [1.807, 2.05) is 0 Å². The molecule has 0 heterocycles. The van der Waals surface area contributed by atoms with Gasteiger partial charge in [-0.2, -0.15) is 0 Å². The van der Waals surface area contributed by atoms with Gasteiger partial charge < -0.3 is 10.6 Å². The molecule has 0 radical (unpaired) electrons. The normalized spacial score (nSPS) is 11.3. The highest BCUT2D eigenvalue weighted by Gasteiger charge is 1.75. The third kappa shape index (κ3) is 1.58. The highest BCUT2D eigenvalue weighted by Crippen LogP contribution is 1.67. The molecule has 0 unspecified atom stereocenters. The number of nitrogens with two attached hydrogens (primary N) is 1. The van der Waals surface area contributed by atoms with E-state index in [-0.39, 0.29) is 0 Å². The maximum atomic E-state index is 4.75. The van der Waals surface area contributed by atoms with Crippen molar-refractivity contribution in [1.29, 1.82) is 0 Å². The van der Waals surface area contributed by atoms with E-state index in [9.17, 15) is 0 Å². The van der Waals surface area contributed by atoms with E-state index >= 15 is 0 Å². The van der Waals surface area contributed by atoms with Crippen molar-refractivity contribution in [3.8, 4) is 0 Å². The average Bonchev–Trinajstić information content (AvgIpc) is 1.65. The van der Waals surface area contributed by atoms with Crippen LogP contribution in [0.5, 0.6) is 0 Å². The molecule has 3 nitrogen and oxygen atoms in total. The number of rotatable bonds is 0. The third-order valence-corrected chi connectivity index (χ3v) is 0.477. The van der Waals surface area contributed by atoms with E-state index in [4.69, 9.17) is 5.84 Å². The summed E-state index contributed by atoms with van der Waals surface area (Å²) in [6.07, 6.45) is 0. The van der Waals surface area contributed by atoms with Gasteiger partial charge >= 0.3 is 0 Å². The van der Waals surface area contributed by atoms with Crippen LogP contribution in [0, 0.1) is 0 Å². The number of ether oxygens (including phenoxy) is 1. The second-order valence-electron chi connectivity index (χ2n) is 0.852. The fourth-order valence-corrected chi connectivity index (χ4v) is 0.0527. The number of nitrogens with zero attached hydrogens (tertiary/aromatic N) is 1. The maximum absolute atomic E-state index is 4.75. The Hall–Kier alpha value is -0.730. The minimum absolute atomic E-state index is 0.495. The number of hydrazone groups is 1. The highest BCUT2D eigenvalue weighted by atomic mass is 16.5. The van der Waals surface area contributed by atoms with E-state index in [1.54, 1.807) is 6.92 Å². The molecule has 0 fully saturated rings. The van der Waals surface area contributed by atoms with E-state index in [0.29, 0.717) is 5.90 Å². The zero-order chi connectivity index (χ0) is 4.99. The lowest BCUT2D eigenvalue weighted by Gasteiger charge is -1.89. The summed E-state index contributed by atoms with van der Waals surface area (Å²) >= 11 is 0. The first-order valence-electron chi connectivity index (χ1n) is 1.59. The molecular formula is C3H8N2O. The molecule has 3 heteroatoms. The van der Waals surface area contributed by atoms with Crippen LogP contribution in [0.25, 0.3) is 0 Å². The topological polar surface area (TPSA) is 47.6 Å². The number of methoxy groups -OCH3 is 1. The maximum Gasteiger partial charge on any atom is 0.202 e. The zero-order valence-corrected chi connectivity index (χ0v) is 3.93. The average molecular weight is 88.1 g/mol. The SMILES string of the molecule is COC(C)=NN. The summed E-state index contributed by atoms with van der Waals surface area (Å²) < 4.78 is 4.52. The van der Waals surface area contributed by atoms with Crippen molar-refractivity contribution in [2.75, 3.05) is 7.11 Å². The van der Waals surface area contributed by atoms with Crippen molar-refractivity contribution in [2.24, 2.45) is 10.9 Å². The molecule has 36 valence electrons. The molecule has 0 aromatic carbocycles. The largest absolute Gasteiger partial charge is 0.483 e. The van der Waals surface area contributed by atoms with Crippen LogP contribution >= 0.6 is 0 Å². The molecule has 0 rings (SSSR count). The molecule has 2 N–H and O–H groups in total. The molecule has 0 aromatic heterocycles. The molecule has 6 heavy (non-hydrogen) atoms. The standard InChI is InChI=1S/C3H8N2O/c1-3(5-4)6-2/h4H2,1-2H3. The molecule has 0 aliphatic rings. The summed E-state index contributed by atoms with van der Waals surface area (Å²) in [5, 5.41) is 3.20. The predicted molar refractivity (Wildman–Crippen MR) is 24.3 cm³/mol. The van der Waals surface area contributed by atoms with Crippen LogP contribution in [0.4, 0.5) is 0 Å². The van der Waals surface area contributed by atoms with Crippen molar-refractivity contribution in [3.63, 3.8) is 0 Å². The van der Waals surface area contributed by atoms with Gasteiger partial charge in [0.05, 0.1) is 7.11 Å². The molecule has 0 aliphatic carbocycles. The van der Waals surface area contributed by atoms with Crippen LogP contribution in [-0.2, 0) is 4.74 Å². The third-order valence-electron chi connectivity index (χ3n) is 0.477. The molecule has 0 saturated heterocycles. The lowest BCUT2D eigenvalue weighted by atomic mass is 10.8. The summed E-state index contributed by atoms with van der Waals surface area (Å²) in [7, 11) is 1.52. The molecule has 0 atom stereocenters. The molecule has 0 amide bonds. The second kappa shape index (κ2) is 2.50. The minimum Gasteiger partial charge on any atom is -0.483 e. The zero-order valence-electron chi connectivity index (χ0n) is 3.93. The van der Waals surface area contributed by atoms with E-state index in [1.165, 1.54) is 7.11 Å². The van der Waals surface area contributed by atoms with Crippen molar-refractivity contribution in [1.82, 2.24) is 0 Å². The van der Waals surface area contributed by atoms with Gasteiger partial charge in [0.1, 0.15) is 0 Å². The Bertz CT molecular complexity index is 59.8. The van der Waals surface area contributed by atoms with Gasteiger partial charge in [0.15, 0.2) is 0 Å². The van der Waals surface area contributed by atoms with Crippen molar-refractivity contribution in [3.05, 3.63) is 0 Å². The minimum atomic E-state index is 0.495. The fourth-order valence-electron chi connectivity index (χ4n) is 0.0527. The van der Waals surface area contributed by atoms with Crippen LogP contribution < -0.4 is 5.84 Å². The molecule has 0 bridgehead atoms. The van der Waals surface area contributed by atoms with Gasteiger partial charge in [-0.25, -0.2) is 0 Å². The lowest BCUT2D eigenvalue weighted by Crippen LogP contribution is -1.96. The predicted octanol–water partition coefficient (Wildman–Crippen LogP) is -0.0751. The summed E-state index contributed by atoms with van der Waals surface area (Å²) in [5.41, 5.74) is 0. The van der Waals surface area contributed by atoms with Crippen molar-refractivity contribution in [2.45, 2.75) is 6.92 Å². The Morgan fingerprint density at radius 3 is 2.33 bits per heavy atom. The molecular weight excluding hydrogens is 80.0 g/mol. The fraction of sp³-hybridized carbons (Fsp3) is 0.667. The first kappa shape index (κ1) is 5.27. The van der Waals surface area contributed by atoms with Crippen LogP contribution in [-0.4, -0.2) is 13.0 Å². The van der Waals surface area contributed by atoms with E-state index in [2.05, 4.69) is 9.84 Å². The van der Waals surface area contributed by atoms with Gasteiger partial charge in [-0.3, -0.25) is 0 Å². The summed E-state index contributed by atoms with van der Waals surface area (Å²) in [6, 6.07) is 0. The van der Waals surface area contributed by atoms with Crippen LogP contribution in [0.15, 0.2) is 5.10 Å². The van der Waals surface area contributed by atoms with Crippen LogP contribution in [0.3, 0.4) is 0 Å². The van der Waals surface area contributed by atoms with Gasteiger partial charge in [-0.15, -0.1) is 5.10 Å². The number of hydrogen-bond donors (Lipinski definition) is 1. The Labute approximate surface area is 36.8 Å². The highest BCUT2D eigenvalue weighted by molar-refractivity contribution is 5.72. The smallest absolute Gasteiger partial charge is 0.202 e. The quantitative estimate of drug-likeness (QED) is 0.195. The summed E-state index contributed by atoms with van der Waals surface area (Å²) in [5.74, 6) is 5.24. The Morgan fingerprint density at radius 2 is 2.33 bits per heavy atom. The van der Waals surface area contributed by atoms with Gasteiger partial charge in [-0.05, 0) is 0 Å². The first-order chi connectivity index (χ1) is 2.81. The van der Waals surface area contributed by atoms with Gasteiger partial charge in [-0.1, -0.05) is 0 Å². The Kier molecular flexibility index (Phi) is 2.20. The van der Waals surface area contributed by atoms with Crippen LogP contribution in [0.2, 0.25) is 0 Å². The van der Waals surface area contributed by atoms with E-state index < -0.39 is 0 Å². The Morgan fingerprint density at radius 1 is 1.83 bits per heavy atom. The molecule has 0 aromatic rings. The number of hydrogen-bond acceptors (Lipinski definition) is 3. The monoisotopic (exact) mass is 88.1 g/mol. The molecule has 0 saturated carbocycles. The van der Waals surface area contributed by atoms with Gasteiger partial charge in [0.2, 0.25) is 5.90 Å². The second-order valence-corrected chi connectivity index (χ2v) is 0.852. The van der Waals surface area contributed by atoms with Crippen molar-refractivity contribution < 1.29 is 4.74 Å². The van der Waals surface area contributed by atoms with Gasteiger partial charge in [0.25, 0.3) is 0 Å². The molecule has 0 spiro atoms. The van der Waals surface area contributed by atoms with Crippen molar-refractivity contribution >= 4 is 5.90 Å². The van der Waals surface area contributed by atoms with Crippen LogP contribution in [0.1, 0.15) is 6.92 Å².